The molecule has 1 amide bonds. The molecule has 0 radical (unpaired) electrons. The van der Waals surface area contributed by atoms with Crippen molar-refractivity contribution in [3.05, 3.63) is 0 Å². The molecule has 0 aromatic heterocycles. The van der Waals surface area contributed by atoms with E-state index in [9.17, 15) is 9.90 Å². The Kier molecular flexibility index (Phi) is 1.06. The number of amides is 1. The molecule has 2 atom stereocenters. The van der Waals surface area contributed by atoms with Gasteiger partial charge in [-0.25, -0.2) is 0 Å². The van der Waals surface area contributed by atoms with Gasteiger partial charge in [0.05, 0.1) is 0 Å². The smallest absolute Gasteiger partial charge is 0.222 e. The average Bonchev–Trinajstić information content (AvgIpc) is 2.20. The fourth-order valence-electron chi connectivity index (χ4n) is 2.01. The van der Waals surface area contributed by atoms with Crippen LogP contribution in [-0.2, 0) is 4.79 Å². The maximum atomic E-state index is 10.8. The van der Waals surface area contributed by atoms with Crippen LogP contribution in [0, 0.1) is 5.92 Å². The van der Waals surface area contributed by atoms with Crippen molar-refractivity contribution in [2.45, 2.75) is 31.4 Å². The van der Waals surface area contributed by atoms with Crippen LogP contribution in [0.15, 0.2) is 0 Å². The number of carbonyl (C=O) groups is 1. The molecule has 2 fully saturated rings. The van der Waals surface area contributed by atoms with Crippen molar-refractivity contribution in [3.8, 4) is 0 Å². The summed E-state index contributed by atoms with van der Waals surface area (Å²) in [5.74, 6) is 0.201. The van der Waals surface area contributed by atoms with Crippen molar-refractivity contribution in [2.24, 2.45) is 5.92 Å². The maximum Gasteiger partial charge on any atom is 0.222 e. The molecule has 2 N–H and O–H groups in total. The SMILES string of the molecule is O=C1C[C@@H]2CCC[C@]2(O)N1. The molecule has 0 aromatic rings. The van der Waals surface area contributed by atoms with E-state index in [2.05, 4.69) is 5.32 Å². The van der Waals surface area contributed by atoms with Gasteiger partial charge in [0.15, 0.2) is 0 Å². The lowest BCUT2D eigenvalue weighted by Crippen LogP contribution is -2.42. The summed E-state index contributed by atoms with van der Waals surface area (Å²) in [4.78, 5) is 10.8. The Labute approximate surface area is 59.4 Å². The summed E-state index contributed by atoms with van der Waals surface area (Å²) in [6.45, 7) is 0. The molecule has 1 saturated heterocycles. The molecule has 3 nitrogen and oxygen atoms in total. The number of aliphatic hydroxyl groups is 1. The predicted molar refractivity (Wildman–Crippen MR) is 35.1 cm³/mol. The number of fused-ring (bicyclic) bond motifs is 1. The topological polar surface area (TPSA) is 49.3 Å². The van der Waals surface area contributed by atoms with E-state index in [1.165, 1.54) is 0 Å². The van der Waals surface area contributed by atoms with Gasteiger partial charge in [-0.15, -0.1) is 0 Å². The van der Waals surface area contributed by atoms with Crippen molar-refractivity contribution >= 4 is 5.91 Å². The molecular weight excluding hydrogens is 130 g/mol. The van der Waals surface area contributed by atoms with Crippen LogP contribution < -0.4 is 5.32 Å². The second-order valence-electron chi connectivity index (χ2n) is 3.27. The summed E-state index contributed by atoms with van der Waals surface area (Å²) in [6.07, 6.45) is 3.30. The average molecular weight is 141 g/mol. The van der Waals surface area contributed by atoms with Gasteiger partial charge in [0.2, 0.25) is 5.91 Å². The van der Waals surface area contributed by atoms with Crippen LogP contribution in [0.2, 0.25) is 0 Å². The summed E-state index contributed by atoms with van der Waals surface area (Å²) in [6, 6.07) is 0. The highest BCUT2D eigenvalue weighted by Gasteiger charge is 2.47. The van der Waals surface area contributed by atoms with Gasteiger partial charge in [-0.05, 0) is 19.3 Å². The van der Waals surface area contributed by atoms with E-state index in [-0.39, 0.29) is 11.8 Å². The highest BCUT2D eigenvalue weighted by Crippen LogP contribution is 2.39. The molecule has 2 rings (SSSR count). The highest BCUT2D eigenvalue weighted by atomic mass is 16.3. The summed E-state index contributed by atoms with van der Waals surface area (Å²) in [5.41, 5.74) is -0.822. The van der Waals surface area contributed by atoms with E-state index in [0.29, 0.717) is 6.42 Å². The molecule has 0 spiro atoms. The second kappa shape index (κ2) is 1.72. The maximum absolute atomic E-state index is 10.8. The van der Waals surface area contributed by atoms with E-state index in [4.69, 9.17) is 0 Å². The van der Waals surface area contributed by atoms with Crippen LogP contribution in [0.3, 0.4) is 0 Å². The summed E-state index contributed by atoms with van der Waals surface area (Å²) >= 11 is 0. The molecule has 3 heteroatoms. The van der Waals surface area contributed by atoms with Crippen LogP contribution in [0.5, 0.6) is 0 Å². The fraction of sp³-hybridized carbons (Fsp3) is 0.857. The van der Waals surface area contributed by atoms with Crippen LogP contribution >= 0.6 is 0 Å². The summed E-state index contributed by atoms with van der Waals surface area (Å²) in [7, 11) is 0. The first-order valence-electron chi connectivity index (χ1n) is 3.74. The van der Waals surface area contributed by atoms with Gasteiger partial charge < -0.3 is 10.4 Å². The van der Waals surface area contributed by atoms with E-state index in [0.717, 1.165) is 19.3 Å². The largest absolute Gasteiger partial charge is 0.371 e. The van der Waals surface area contributed by atoms with Gasteiger partial charge in [0.25, 0.3) is 0 Å². The third-order valence-electron chi connectivity index (χ3n) is 2.57. The first-order valence-corrected chi connectivity index (χ1v) is 3.74. The minimum Gasteiger partial charge on any atom is -0.371 e. The first kappa shape index (κ1) is 6.16. The third kappa shape index (κ3) is 0.669. The lowest BCUT2D eigenvalue weighted by Gasteiger charge is -2.20. The van der Waals surface area contributed by atoms with Crippen LogP contribution in [0.25, 0.3) is 0 Å². The Hall–Kier alpha value is -0.570. The van der Waals surface area contributed by atoms with Gasteiger partial charge in [0.1, 0.15) is 5.72 Å². The summed E-state index contributed by atoms with van der Waals surface area (Å²) < 4.78 is 0. The minimum atomic E-state index is -0.822. The Balaban J connectivity index is 2.22. The molecule has 2 aliphatic rings. The molecule has 0 unspecified atom stereocenters. The normalized spacial score (nSPS) is 45.3. The van der Waals surface area contributed by atoms with Gasteiger partial charge in [-0.2, -0.15) is 0 Å². The van der Waals surface area contributed by atoms with E-state index in [1.807, 2.05) is 0 Å². The van der Waals surface area contributed by atoms with Crippen LogP contribution in [-0.4, -0.2) is 16.7 Å². The molecule has 0 bridgehead atoms. The molecule has 1 aliphatic heterocycles. The molecule has 0 aromatic carbocycles. The van der Waals surface area contributed by atoms with Crippen LogP contribution in [0.1, 0.15) is 25.7 Å². The van der Waals surface area contributed by atoms with Gasteiger partial charge >= 0.3 is 0 Å². The minimum absolute atomic E-state index is 0.00667. The fourth-order valence-corrected chi connectivity index (χ4v) is 2.01. The van der Waals surface area contributed by atoms with Crippen molar-refractivity contribution in [3.63, 3.8) is 0 Å². The quantitative estimate of drug-likeness (QED) is 0.498. The first-order chi connectivity index (χ1) is 4.71. The Morgan fingerprint density at radius 2 is 2.50 bits per heavy atom. The molecule has 56 valence electrons. The molecule has 1 heterocycles. The lowest BCUT2D eigenvalue weighted by molar-refractivity contribution is -0.122. The van der Waals surface area contributed by atoms with Crippen molar-refractivity contribution in [1.82, 2.24) is 5.32 Å². The van der Waals surface area contributed by atoms with E-state index in [1.54, 1.807) is 0 Å². The van der Waals surface area contributed by atoms with Gasteiger partial charge in [-0.1, -0.05) is 0 Å². The van der Waals surface area contributed by atoms with Gasteiger partial charge in [0, 0.05) is 12.3 Å². The van der Waals surface area contributed by atoms with E-state index < -0.39 is 5.72 Å². The van der Waals surface area contributed by atoms with E-state index >= 15 is 0 Å². The lowest BCUT2D eigenvalue weighted by atomic mass is 10.0. The number of rotatable bonds is 0. The van der Waals surface area contributed by atoms with Crippen molar-refractivity contribution in [2.75, 3.05) is 0 Å². The van der Waals surface area contributed by atoms with Crippen molar-refractivity contribution < 1.29 is 9.90 Å². The Bertz CT molecular complexity index is 180. The zero-order valence-electron chi connectivity index (χ0n) is 5.76. The highest BCUT2D eigenvalue weighted by molar-refractivity contribution is 5.79. The molecular formula is C7H11NO2. The van der Waals surface area contributed by atoms with Crippen LogP contribution in [0.4, 0.5) is 0 Å². The van der Waals surface area contributed by atoms with Gasteiger partial charge in [-0.3, -0.25) is 4.79 Å². The number of hydrogen-bond acceptors (Lipinski definition) is 2. The molecule has 1 saturated carbocycles. The molecule has 1 aliphatic carbocycles. The standard InChI is InChI=1S/C7H11NO2/c9-6-4-5-2-1-3-7(5,10)8-6/h5,10H,1-4H2,(H,8,9)/t5-,7+/m0/s1. The molecule has 10 heavy (non-hydrogen) atoms. The third-order valence-corrected chi connectivity index (χ3v) is 2.57. The monoisotopic (exact) mass is 141 g/mol. The number of hydrogen-bond donors (Lipinski definition) is 2. The Morgan fingerprint density at radius 1 is 1.70 bits per heavy atom. The summed E-state index contributed by atoms with van der Waals surface area (Å²) in [5, 5.41) is 12.3. The number of carbonyl (C=O) groups excluding carboxylic acids is 1. The van der Waals surface area contributed by atoms with Crippen molar-refractivity contribution in [1.29, 1.82) is 0 Å². The Morgan fingerprint density at radius 3 is 3.20 bits per heavy atom. The second-order valence-corrected chi connectivity index (χ2v) is 3.27. The number of nitrogens with one attached hydrogen (secondary N) is 1. The predicted octanol–water partition coefficient (Wildman–Crippen LogP) is -0.00500. The zero-order valence-corrected chi connectivity index (χ0v) is 5.76. The zero-order chi connectivity index (χ0) is 7.19.